The Kier molecular flexibility index (Phi) is 10.2. The van der Waals surface area contributed by atoms with Crippen LogP contribution in [0.25, 0.3) is 5.69 Å². The smallest absolute Gasteiger partial charge is 0.251 e. The highest BCUT2D eigenvalue weighted by molar-refractivity contribution is 8.01. The lowest BCUT2D eigenvalue weighted by Crippen LogP contribution is -2.24. The maximum Gasteiger partial charge on any atom is 0.251 e. The Morgan fingerprint density at radius 3 is 2.56 bits per heavy atom. The van der Waals surface area contributed by atoms with Gasteiger partial charge in [0.1, 0.15) is 11.5 Å². The van der Waals surface area contributed by atoms with Crippen LogP contribution in [0, 0.1) is 0 Å². The van der Waals surface area contributed by atoms with E-state index in [1.54, 1.807) is 47.7 Å². The molecule has 2 aromatic heterocycles. The lowest BCUT2D eigenvalue weighted by atomic mass is 10.2. The highest BCUT2D eigenvalue weighted by Gasteiger charge is 2.18. The zero-order valence-corrected chi connectivity index (χ0v) is 24.0. The van der Waals surface area contributed by atoms with Crippen LogP contribution >= 0.6 is 34.9 Å². The summed E-state index contributed by atoms with van der Waals surface area (Å²) in [5, 5.41) is 23.3. The van der Waals surface area contributed by atoms with E-state index >= 15 is 0 Å². The van der Waals surface area contributed by atoms with E-state index in [9.17, 15) is 9.59 Å². The number of nitrogens with zero attached hydrogens (tertiary/aromatic N) is 5. The molecule has 0 saturated heterocycles. The number of carbonyl (C=O) groups excluding carboxylic acids is 2. The van der Waals surface area contributed by atoms with Gasteiger partial charge in [0.25, 0.3) is 5.91 Å². The second kappa shape index (κ2) is 14.0. The van der Waals surface area contributed by atoms with Gasteiger partial charge in [0.15, 0.2) is 15.3 Å². The molecular formula is C25H27N7O4S3. The summed E-state index contributed by atoms with van der Waals surface area (Å²) in [5.41, 5.74) is 1.23. The zero-order valence-electron chi connectivity index (χ0n) is 21.5. The van der Waals surface area contributed by atoms with Crippen molar-refractivity contribution in [3.63, 3.8) is 0 Å². The third-order valence-electron chi connectivity index (χ3n) is 5.10. The van der Waals surface area contributed by atoms with Gasteiger partial charge in [-0.2, -0.15) is 0 Å². The van der Waals surface area contributed by atoms with E-state index in [1.807, 2.05) is 38.1 Å². The summed E-state index contributed by atoms with van der Waals surface area (Å²) in [4.78, 5) is 25.4. The average molecular weight is 586 g/mol. The molecule has 0 bridgehead atoms. The molecule has 0 fully saturated rings. The molecule has 39 heavy (non-hydrogen) atoms. The Morgan fingerprint density at radius 1 is 1.00 bits per heavy atom. The molecule has 2 heterocycles. The van der Waals surface area contributed by atoms with Crippen LogP contribution in [0.4, 0.5) is 5.13 Å². The first-order chi connectivity index (χ1) is 19.0. The molecule has 0 aliphatic rings. The molecule has 0 spiro atoms. The van der Waals surface area contributed by atoms with Gasteiger partial charge < -0.3 is 14.8 Å². The molecule has 4 aromatic rings. The Balaban J connectivity index is 1.49. The van der Waals surface area contributed by atoms with E-state index in [0.717, 1.165) is 21.5 Å². The fourth-order valence-corrected chi connectivity index (χ4v) is 5.81. The van der Waals surface area contributed by atoms with Gasteiger partial charge in [-0.05, 0) is 55.1 Å². The van der Waals surface area contributed by atoms with Crippen LogP contribution in [0.15, 0.2) is 58.0 Å². The van der Waals surface area contributed by atoms with Crippen molar-refractivity contribution >= 4 is 51.8 Å². The Labute approximate surface area is 238 Å². The number of ether oxygens (including phenoxy) is 2. The number of aromatic nitrogens is 5. The number of carbonyl (C=O) groups is 2. The number of hydrogen-bond donors (Lipinski definition) is 2. The largest absolute Gasteiger partial charge is 0.497 e. The van der Waals surface area contributed by atoms with Gasteiger partial charge in [0.2, 0.25) is 11.0 Å². The minimum Gasteiger partial charge on any atom is -0.497 e. The SMILES string of the molecule is CCOc1ccc(-n2c(CNC(=O)c3cccc(OC)c3)nnc2SCC(=O)Nc2nnc(SCC)s2)cc1. The number of benzene rings is 2. The summed E-state index contributed by atoms with van der Waals surface area (Å²) in [6, 6.07) is 14.3. The Hall–Kier alpha value is -3.62. The highest BCUT2D eigenvalue weighted by atomic mass is 32.2. The molecule has 0 aliphatic heterocycles. The van der Waals surface area contributed by atoms with E-state index in [-0.39, 0.29) is 24.1 Å². The van der Waals surface area contributed by atoms with Crippen molar-refractivity contribution in [2.24, 2.45) is 0 Å². The van der Waals surface area contributed by atoms with Crippen LogP contribution < -0.4 is 20.1 Å². The van der Waals surface area contributed by atoms with Crippen LogP contribution in [0.5, 0.6) is 11.5 Å². The third kappa shape index (κ3) is 7.71. The van der Waals surface area contributed by atoms with E-state index in [1.165, 1.54) is 23.1 Å². The number of amides is 2. The fraction of sp³-hybridized carbons (Fsp3) is 0.280. The first-order valence-electron chi connectivity index (χ1n) is 12.0. The van der Waals surface area contributed by atoms with Gasteiger partial charge in [0.05, 0.1) is 26.0 Å². The topological polar surface area (TPSA) is 133 Å². The van der Waals surface area contributed by atoms with Crippen molar-refractivity contribution < 1.29 is 19.1 Å². The summed E-state index contributed by atoms with van der Waals surface area (Å²) in [5.74, 6) is 2.27. The average Bonchev–Trinajstić information content (AvgIpc) is 3.57. The molecule has 0 aliphatic carbocycles. The minimum absolute atomic E-state index is 0.0845. The first kappa shape index (κ1) is 28.4. The normalized spacial score (nSPS) is 10.7. The van der Waals surface area contributed by atoms with Crippen molar-refractivity contribution in [3.05, 3.63) is 59.9 Å². The molecule has 11 nitrogen and oxygen atoms in total. The number of hydrogen-bond acceptors (Lipinski definition) is 11. The molecule has 2 N–H and O–H groups in total. The predicted octanol–water partition coefficient (Wildman–Crippen LogP) is 4.30. The van der Waals surface area contributed by atoms with Crippen molar-refractivity contribution in [2.75, 3.05) is 30.5 Å². The maximum absolute atomic E-state index is 12.8. The molecule has 4 rings (SSSR count). The number of anilines is 1. The maximum atomic E-state index is 12.8. The number of thioether (sulfide) groups is 2. The van der Waals surface area contributed by atoms with Gasteiger partial charge in [-0.1, -0.05) is 47.9 Å². The van der Waals surface area contributed by atoms with Crippen LogP contribution in [-0.2, 0) is 11.3 Å². The third-order valence-corrected chi connectivity index (χ3v) is 7.88. The highest BCUT2D eigenvalue weighted by Crippen LogP contribution is 2.27. The standard InChI is InChI=1S/C25H27N7O4S3/c1-4-36-18-11-9-17(10-12-18)32-20(14-26-22(34)16-7-6-8-19(13-16)35-3)28-30-24(32)38-15-21(33)27-23-29-31-25(39-23)37-5-2/h6-13H,4-5,14-15H2,1-3H3,(H,26,34)(H,27,29,33). The van der Waals surface area contributed by atoms with Gasteiger partial charge in [-0.3, -0.25) is 19.5 Å². The van der Waals surface area contributed by atoms with Crippen LogP contribution in [0.1, 0.15) is 30.0 Å². The lowest BCUT2D eigenvalue weighted by molar-refractivity contribution is -0.113. The van der Waals surface area contributed by atoms with Crippen molar-refractivity contribution in [1.82, 2.24) is 30.3 Å². The molecule has 0 atom stereocenters. The van der Waals surface area contributed by atoms with E-state index in [2.05, 4.69) is 31.0 Å². The van der Waals surface area contributed by atoms with Crippen molar-refractivity contribution in [1.29, 1.82) is 0 Å². The molecule has 0 unspecified atom stereocenters. The van der Waals surface area contributed by atoms with Crippen LogP contribution in [-0.4, -0.2) is 62.0 Å². The molecule has 2 aromatic carbocycles. The van der Waals surface area contributed by atoms with Crippen molar-refractivity contribution in [2.45, 2.75) is 29.9 Å². The summed E-state index contributed by atoms with van der Waals surface area (Å²) in [7, 11) is 1.55. The quantitative estimate of drug-likeness (QED) is 0.173. The van der Waals surface area contributed by atoms with Gasteiger partial charge >= 0.3 is 0 Å². The first-order valence-corrected chi connectivity index (χ1v) is 14.8. The lowest BCUT2D eigenvalue weighted by Gasteiger charge is -2.12. The summed E-state index contributed by atoms with van der Waals surface area (Å²) in [6.07, 6.45) is 0. The summed E-state index contributed by atoms with van der Waals surface area (Å²) >= 11 is 4.13. The second-order valence-electron chi connectivity index (χ2n) is 7.72. The molecule has 2 amide bonds. The van der Waals surface area contributed by atoms with Crippen molar-refractivity contribution in [3.8, 4) is 17.2 Å². The second-order valence-corrected chi connectivity index (χ2v) is 11.1. The number of methoxy groups -OCH3 is 1. The molecule has 14 heteroatoms. The molecule has 0 saturated carbocycles. The monoisotopic (exact) mass is 585 g/mol. The number of rotatable bonds is 13. The summed E-state index contributed by atoms with van der Waals surface area (Å²) < 4.78 is 13.4. The van der Waals surface area contributed by atoms with Crippen LogP contribution in [0.2, 0.25) is 0 Å². The number of nitrogens with one attached hydrogen (secondary N) is 2. The Bertz CT molecular complexity index is 1410. The van der Waals surface area contributed by atoms with Gasteiger partial charge in [-0.25, -0.2) is 0 Å². The van der Waals surface area contributed by atoms with Gasteiger partial charge in [0, 0.05) is 11.3 Å². The fourth-order valence-electron chi connectivity index (χ4n) is 3.38. The van der Waals surface area contributed by atoms with Gasteiger partial charge in [-0.15, -0.1) is 20.4 Å². The molecule has 0 radical (unpaired) electrons. The Morgan fingerprint density at radius 2 is 1.82 bits per heavy atom. The van der Waals surface area contributed by atoms with E-state index in [0.29, 0.717) is 34.0 Å². The molecular weight excluding hydrogens is 559 g/mol. The van der Waals surface area contributed by atoms with E-state index in [4.69, 9.17) is 9.47 Å². The van der Waals surface area contributed by atoms with E-state index < -0.39 is 0 Å². The van der Waals surface area contributed by atoms with Crippen LogP contribution in [0.3, 0.4) is 0 Å². The zero-order chi connectivity index (χ0) is 27.6. The predicted molar refractivity (Wildman–Crippen MR) is 152 cm³/mol. The minimum atomic E-state index is -0.276. The molecule has 204 valence electrons. The summed E-state index contributed by atoms with van der Waals surface area (Å²) in [6.45, 7) is 4.62.